The van der Waals surface area contributed by atoms with E-state index in [9.17, 15) is 0 Å². The van der Waals surface area contributed by atoms with Crippen molar-refractivity contribution in [2.45, 2.75) is 0 Å². The minimum atomic E-state index is 1.11. The lowest BCUT2D eigenvalue weighted by atomic mass is 10.2. The number of para-hydroxylation sites is 2. The molecule has 0 fully saturated rings. The molecule has 2 nitrogen and oxygen atoms in total. The molecule has 16 heavy (non-hydrogen) atoms. The fourth-order valence-electron chi connectivity index (χ4n) is 1.58. The highest BCUT2D eigenvalue weighted by molar-refractivity contribution is 5.89. The van der Waals surface area contributed by atoms with E-state index in [-0.39, 0.29) is 0 Å². The second kappa shape index (κ2) is 5.12. The molecule has 2 rings (SSSR count). The molecule has 0 aromatic heterocycles. The molecule has 0 heterocycles. The molecule has 0 aliphatic carbocycles. The van der Waals surface area contributed by atoms with Crippen LogP contribution in [0.2, 0.25) is 0 Å². The summed E-state index contributed by atoms with van der Waals surface area (Å²) in [6.45, 7) is 0. The van der Waals surface area contributed by atoms with E-state index >= 15 is 0 Å². The molecule has 0 atom stereocenters. The molecule has 0 aliphatic heterocycles. The van der Waals surface area contributed by atoms with Crippen molar-refractivity contribution in [3.05, 3.63) is 60.7 Å². The summed E-state index contributed by atoms with van der Waals surface area (Å²) in [7, 11) is 1.78. The maximum absolute atomic E-state index is 4.09. The lowest BCUT2D eigenvalue weighted by Gasteiger charge is -2.19. The SMILES string of the molecule is CN=CN(c1ccccc1)c1ccccc1. The molecule has 0 aliphatic rings. The average molecular weight is 210 g/mol. The summed E-state index contributed by atoms with van der Waals surface area (Å²) in [5.74, 6) is 0. The average Bonchev–Trinajstić information content (AvgIpc) is 2.38. The lowest BCUT2D eigenvalue weighted by molar-refractivity contribution is 1.33. The van der Waals surface area contributed by atoms with Crippen LogP contribution in [0.15, 0.2) is 65.7 Å². The van der Waals surface area contributed by atoms with Crippen molar-refractivity contribution in [3.8, 4) is 0 Å². The molecule has 0 radical (unpaired) electrons. The van der Waals surface area contributed by atoms with Crippen LogP contribution in [0.5, 0.6) is 0 Å². The van der Waals surface area contributed by atoms with E-state index in [1.165, 1.54) is 0 Å². The van der Waals surface area contributed by atoms with Gasteiger partial charge in [-0.2, -0.15) is 0 Å². The zero-order valence-corrected chi connectivity index (χ0v) is 9.25. The molecule has 0 spiro atoms. The largest absolute Gasteiger partial charge is 0.301 e. The summed E-state index contributed by atoms with van der Waals surface area (Å²) in [5, 5.41) is 0. The maximum atomic E-state index is 4.09. The molecule has 2 heteroatoms. The lowest BCUT2D eigenvalue weighted by Crippen LogP contribution is -2.13. The number of anilines is 2. The fraction of sp³-hybridized carbons (Fsp3) is 0.0714. The van der Waals surface area contributed by atoms with E-state index in [1.807, 2.05) is 42.7 Å². The van der Waals surface area contributed by atoms with E-state index in [2.05, 4.69) is 34.2 Å². The minimum absolute atomic E-state index is 1.11. The van der Waals surface area contributed by atoms with Crippen LogP contribution in [-0.2, 0) is 0 Å². The van der Waals surface area contributed by atoms with Gasteiger partial charge in [-0.1, -0.05) is 36.4 Å². The number of hydrogen-bond donors (Lipinski definition) is 0. The van der Waals surface area contributed by atoms with Gasteiger partial charge in [0.05, 0.1) is 6.34 Å². The van der Waals surface area contributed by atoms with Crippen LogP contribution in [0.4, 0.5) is 11.4 Å². The standard InChI is InChI=1S/C14H14N2/c1-15-12-16(13-8-4-2-5-9-13)14-10-6-3-7-11-14/h2-12H,1H3. The smallest absolute Gasteiger partial charge is 0.0936 e. The van der Waals surface area contributed by atoms with Crippen molar-refractivity contribution in [1.29, 1.82) is 0 Å². The Labute approximate surface area is 95.9 Å². The highest BCUT2D eigenvalue weighted by Gasteiger charge is 2.04. The molecule has 0 saturated carbocycles. The van der Waals surface area contributed by atoms with E-state index in [1.54, 1.807) is 7.05 Å². The fourth-order valence-corrected chi connectivity index (χ4v) is 1.58. The van der Waals surface area contributed by atoms with Crippen LogP contribution in [0.3, 0.4) is 0 Å². The molecule has 0 unspecified atom stereocenters. The Morgan fingerprint density at radius 2 is 1.25 bits per heavy atom. The van der Waals surface area contributed by atoms with Gasteiger partial charge in [0.2, 0.25) is 0 Å². The van der Waals surface area contributed by atoms with Gasteiger partial charge in [0.25, 0.3) is 0 Å². The van der Waals surface area contributed by atoms with Crippen molar-refractivity contribution in [2.75, 3.05) is 11.9 Å². The van der Waals surface area contributed by atoms with Gasteiger partial charge in [-0.25, -0.2) is 0 Å². The third-order valence-electron chi connectivity index (χ3n) is 2.30. The Bertz CT molecular complexity index is 409. The third-order valence-corrected chi connectivity index (χ3v) is 2.30. The van der Waals surface area contributed by atoms with Crippen molar-refractivity contribution >= 4 is 17.7 Å². The number of aliphatic imine (C=N–C) groups is 1. The normalized spacial score (nSPS) is 10.6. The quantitative estimate of drug-likeness (QED) is 0.559. The van der Waals surface area contributed by atoms with E-state index in [4.69, 9.17) is 0 Å². The van der Waals surface area contributed by atoms with Crippen molar-refractivity contribution < 1.29 is 0 Å². The predicted molar refractivity (Wildman–Crippen MR) is 69.4 cm³/mol. The topological polar surface area (TPSA) is 15.6 Å². The van der Waals surface area contributed by atoms with Crippen LogP contribution in [0.25, 0.3) is 0 Å². The van der Waals surface area contributed by atoms with Gasteiger partial charge in [0.1, 0.15) is 0 Å². The number of nitrogens with zero attached hydrogens (tertiary/aromatic N) is 2. The number of rotatable bonds is 3. The van der Waals surface area contributed by atoms with E-state index in [0.29, 0.717) is 0 Å². The summed E-state index contributed by atoms with van der Waals surface area (Å²) < 4.78 is 0. The molecular formula is C14H14N2. The Morgan fingerprint density at radius 3 is 1.62 bits per heavy atom. The van der Waals surface area contributed by atoms with Crippen LogP contribution >= 0.6 is 0 Å². The second-order valence-electron chi connectivity index (χ2n) is 3.41. The first-order valence-corrected chi connectivity index (χ1v) is 5.23. The molecule has 2 aromatic rings. The van der Waals surface area contributed by atoms with E-state index in [0.717, 1.165) is 11.4 Å². The summed E-state index contributed by atoms with van der Waals surface area (Å²) in [6, 6.07) is 20.4. The molecule has 2 aromatic carbocycles. The summed E-state index contributed by atoms with van der Waals surface area (Å²) in [6.07, 6.45) is 1.82. The molecular weight excluding hydrogens is 196 g/mol. The van der Waals surface area contributed by atoms with Gasteiger partial charge in [-0.3, -0.25) is 4.99 Å². The zero-order chi connectivity index (χ0) is 11.2. The minimum Gasteiger partial charge on any atom is -0.301 e. The van der Waals surface area contributed by atoms with Gasteiger partial charge in [-0.05, 0) is 24.3 Å². The summed E-state index contributed by atoms with van der Waals surface area (Å²) >= 11 is 0. The van der Waals surface area contributed by atoms with Gasteiger partial charge in [0, 0.05) is 18.4 Å². The zero-order valence-electron chi connectivity index (χ0n) is 9.25. The second-order valence-corrected chi connectivity index (χ2v) is 3.41. The number of hydrogen-bond acceptors (Lipinski definition) is 1. The third kappa shape index (κ3) is 2.28. The molecule has 80 valence electrons. The van der Waals surface area contributed by atoms with Crippen molar-refractivity contribution in [1.82, 2.24) is 0 Å². The van der Waals surface area contributed by atoms with Crippen LogP contribution < -0.4 is 4.90 Å². The van der Waals surface area contributed by atoms with Crippen LogP contribution in [-0.4, -0.2) is 13.4 Å². The Morgan fingerprint density at radius 1 is 0.812 bits per heavy atom. The number of benzene rings is 2. The van der Waals surface area contributed by atoms with Gasteiger partial charge >= 0.3 is 0 Å². The van der Waals surface area contributed by atoms with Crippen molar-refractivity contribution in [2.24, 2.45) is 4.99 Å². The van der Waals surface area contributed by atoms with Crippen LogP contribution in [0, 0.1) is 0 Å². The molecule has 0 amide bonds. The summed E-state index contributed by atoms with van der Waals surface area (Å²) in [5.41, 5.74) is 2.22. The highest BCUT2D eigenvalue weighted by atomic mass is 15.2. The predicted octanol–water partition coefficient (Wildman–Crippen LogP) is 3.48. The van der Waals surface area contributed by atoms with Gasteiger partial charge < -0.3 is 4.90 Å². The molecule has 0 N–H and O–H groups in total. The van der Waals surface area contributed by atoms with Gasteiger partial charge in [0.15, 0.2) is 0 Å². The maximum Gasteiger partial charge on any atom is 0.0936 e. The molecule has 0 bridgehead atoms. The first-order chi connectivity index (χ1) is 7.92. The highest BCUT2D eigenvalue weighted by Crippen LogP contribution is 2.22. The monoisotopic (exact) mass is 210 g/mol. The Hall–Kier alpha value is -2.09. The van der Waals surface area contributed by atoms with Crippen LogP contribution in [0.1, 0.15) is 0 Å². The first kappa shape index (κ1) is 10.4. The van der Waals surface area contributed by atoms with Crippen molar-refractivity contribution in [3.63, 3.8) is 0 Å². The summed E-state index contributed by atoms with van der Waals surface area (Å²) in [4.78, 5) is 6.15. The van der Waals surface area contributed by atoms with Gasteiger partial charge in [-0.15, -0.1) is 0 Å². The Kier molecular flexibility index (Phi) is 3.34. The first-order valence-electron chi connectivity index (χ1n) is 5.23. The Balaban J connectivity index is 2.39. The van der Waals surface area contributed by atoms with E-state index < -0.39 is 0 Å². The molecule has 0 saturated heterocycles.